The summed E-state index contributed by atoms with van der Waals surface area (Å²) >= 11 is 0. The van der Waals surface area contributed by atoms with Gasteiger partial charge in [-0.25, -0.2) is 4.98 Å². The number of rotatable bonds is 3. The van der Waals surface area contributed by atoms with Gasteiger partial charge in [0.1, 0.15) is 11.6 Å². The molecule has 3 rings (SSSR count). The summed E-state index contributed by atoms with van der Waals surface area (Å²) < 4.78 is 5.27. The molecular formula is C17H20N2O2. The normalized spacial score (nSPS) is 20.9. The van der Waals surface area contributed by atoms with Crippen molar-refractivity contribution in [3.05, 3.63) is 53.2 Å². The molecule has 0 aliphatic heterocycles. The number of hydrogen-bond acceptors (Lipinski definition) is 4. The largest absolute Gasteiger partial charge is 0.497 e. The molecule has 4 nitrogen and oxygen atoms in total. The van der Waals surface area contributed by atoms with E-state index in [1.807, 2.05) is 24.3 Å². The van der Waals surface area contributed by atoms with Crippen molar-refractivity contribution in [2.75, 3.05) is 12.8 Å². The van der Waals surface area contributed by atoms with Crippen molar-refractivity contribution < 1.29 is 9.84 Å². The van der Waals surface area contributed by atoms with Gasteiger partial charge in [0, 0.05) is 19.0 Å². The number of hydrogen-bond donors (Lipinski definition) is 2. The third kappa shape index (κ3) is 2.85. The van der Waals surface area contributed by atoms with Crippen molar-refractivity contribution in [3.63, 3.8) is 0 Å². The Hall–Kier alpha value is -2.07. The highest BCUT2D eigenvalue weighted by molar-refractivity contribution is 5.42. The lowest BCUT2D eigenvalue weighted by molar-refractivity contribution is 0.0267. The maximum absolute atomic E-state index is 10.9. The van der Waals surface area contributed by atoms with Crippen LogP contribution in [0.5, 0.6) is 5.75 Å². The smallest absolute Gasteiger partial charge is 0.126 e. The van der Waals surface area contributed by atoms with Crippen LogP contribution in [0, 0.1) is 0 Å². The minimum absolute atomic E-state index is 0.502. The van der Waals surface area contributed by atoms with Crippen LogP contribution in [0.15, 0.2) is 36.5 Å². The van der Waals surface area contributed by atoms with Gasteiger partial charge in [0.2, 0.25) is 0 Å². The number of nitrogen functional groups attached to an aromatic ring is 1. The number of benzene rings is 1. The summed E-state index contributed by atoms with van der Waals surface area (Å²) in [6.07, 6.45) is 4.43. The van der Waals surface area contributed by atoms with Gasteiger partial charge in [-0.3, -0.25) is 0 Å². The van der Waals surface area contributed by atoms with Gasteiger partial charge in [-0.05, 0) is 47.7 Å². The van der Waals surface area contributed by atoms with Crippen molar-refractivity contribution >= 4 is 5.82 Å². The van der Waals surface area contributed by atoms with Crippen molar-refractivity contribution in [2.45, 2.75) is 31.3 Å². The van der Waals surface area contributed by atoms with Crippen LogP contribution in [0.1, 0.15) is 23.1 Å². The quantitative estimate of drug-likeness (QED) is 0.906. The molecule has 1 heterocycles. The Bertz CT molecular complexity index is 657. The molecule has 1 aliphatic rings. The molecule has 1 unspecified atom stereocenters. The fourth-order valence-corrected chi connectivity index (χ4v) is 3.05. The van der Waals surface area contributed by atoms with E-state index in [0.717, 1.165) is 29.7 Å². The summed E-state index contributed by atoms with van der Waals surface area (Å²) in [4.78, 5) is 4.09. The second-order valence-corrected chi connectivity index (χ2v) is 5.76. The first-order chi connectivity index (χ1) is 10.1. The Morgan fingerprint density at radius 3 is 2.95 bits per heavy atom. The molecule has 21 heavy (non-hydrogen) atoms. The van der Waals surface area contributed by atoms with E-state index in [0.29, 0.717) is 18.7 Å². The van der Waals surface area contributed by atoms with E-state index >= 15 is 0 Å². The first kappa shape index (κ1) is 13.9. The summed E-state index contributed by atoms with van der Waals surface area (Å²) in [5.41, 5.74) is 8.49. The molecule has 1 atom stereocenters. The molecule has 4 heteroatoms. The van der Waals surface area contributed by atoms with Gasteiger partial charge in [0.05, 0.1) is 12.7 Å². The molecule has 0 bridgehead atoms. The molecule has 0 radical (unpaired) electrons. The van der Waals surface area contributed by atoms with E-state index in [2.05, 4.69) is 11.1 Å². The van der Waals surface area contributed by atoms with Gasteiger partial charge in [-0.15, -0.1) is 0 Å². The fourth-order valence-electron chi connectivity index (χ4n) is 3.05. The Labute approximate surface area is 124 Å². The number of nitrogens with zero attached hydrogens (tertiary/aromatic N) is 1. The van der Waals surface area contributed by atoms with E-state index in [1.165, 1.54) is 5.56 Å². The summed E-state index contributed by atoms with van der Waals surface area (Å²) in [6.45, 7) is 0. The van der Waals surface area contributed by atoms with E-state index in [4.69, 9.17) is 10.5 Å². The maximum atomic E-state index is 10.9. The zero-order valence-electron chi connectivity index (χ0n) is 12.2. The van der Waals surface area contributed by atoms with Crippen LogP contribution >= 0.6 is 0 Å². The van der Waals surface area contributed by atoms with Crippen LogP contribution in [0.2, 0.25) is 0 Å². The SMILES string of the molecule is COc1ccc2c(c1)CC(O)(Cc1cccnc1N)CC2. The predicted molar refractivity (Wildman–Crippen MR) is 82.3 cm³/mol. The molecule has 2 aromatic rings. The lowest BCUT2D eigenvalue weighted by atomic mass is 9.77. The topological polar surface area (TPSA) is 68.4 Å². The minimum Gasteiger partial charge on any atom is -0.497 e. The first-order valence-corrected chi connectivity index (χ1v) is 7.17. The molecule has 1 aromatic heterocycles. The summed E-state index contributed by atoms with van der Waals surface area (Å²) in [5, 5.41) is 10.9. The molecule has 0 amide bonds. The van der Waals surface area contributed by atoms with Gasteiger partial charge in [-0.1, -0.05) is 12.1 Å². The molecule has 110 valence electrons. The van der Waals surface area contributed by atoms with Crippen LogP contribution in [-0.4, -0.2) is 22.8 Å². The van der Waals surface area contributed by atoms with Crippen LogP contribution in [0.3, 0.4) is 0 Å². The molecule has 0 spiro atoms. The van der Waals surface area contributed by atoms with Crippen molar-refractivity contribution in [1.82, 2.24) is 4.98 Å². The lowest BCUT2D eigenvalue weighted by Crippen LogP contribution is -2.38. The highest BCUT2D eigenvalue weighted by Crippen LogP contribution is 2.33. The van der Waals surface area contributed by atoms with E-state index in [9.17, 15) is 5.11 Å². The third-order valence-electron chi connectivity index (χ3n) is 4.24. The number of fused-ring (bicyclic) bond motifs is 1. The number of ether oxygens (including phenoxy) is 1. The predicted octanol–water partition coefficient (Wildman–Crippen LogP) is 2.13. The average Bonchev–Trinajstić information content (AvgIpc) is 2.48. The van der Waals surface area contributed by atoms with Crippen LogP contribution in [0.25, 0.3) is 0 Å². The van der Waals surface area contributed by atoms with Crippen LogP contribution in [-0.2, 0) is 19.3 Å². The van der Waals surface area contributed by atoms with Gasteiger partial charge in [0.15, 0.2) is 0 Å². The third-order valence-corrected chi connectivity index (χ3v) is 4.24. The van der Waals surface area contributed by atoms with Crippen molar-refractivity contribution in [3.8, 4) is 5.75 Å². The van der Waals surface area contributed by atoms with E-state index < -0.39 is 5.60 Å². The molecular weight excluding hydrogens is 264 g/mol. The monoisotopic (exact) mass is 284 g/mol. The van der Waals surface area contributed by atoms with E-state index in [-0.39, 0.29) is 0 Å². The summed E-state index contributed by atoms with van der Waals surface area (Å²) in [5.74, 6) is 1.33. The van der Waals surface area contributed by atoms with Crippen LogP contribution in [0.4, 0.5) is 5.82 Å². The number of aliphatic hydroxyl groups is 1. The Balaban J connectivity index is 1.85. The first-order valence-electron chi connectivity index (χ1n) is 7.17. The molecule has 0 saturated carbocycles. The molecule has 0 fully saturated rings. The highest BCUT2D eigenvalue weighted by atomic mass is 16.5. The second kappa shape index (κ2) is 5.37. The zero-order chi connectivity index (χ0) is 14.9. The summed E-state index contributed by atoms with van der Waals surface area (Å²) in [7, 11) is 1.66. The van der Waals surface area contributed by atoms with Crippen molar-refractivity contribution in [1.29, 1.82) is 0 Å². The molecule has 0 saturated heterocycles. The molecule has 1 aliphatic carbocycles. The summed E-state index contributed by atoms with van der Waals surface area (Å²) in [6, 6.07) is 9.87. The average molecular weight is 284 g/mol. The number of aryl methyl sites for hydroxylation is 1. The fraction of sp³-hybridized carbons (Fsp3) is 0.353. The van der Waals surface area contributed by atoms with Gasteiger partial charge >= 0.3 is 0 Å². The van der Waals surface area contributed by atoms with Crippen LogP contribution < -0.4 is 10.5 Å². The number of pyridine rings is 1. The lowest BCUT2D eigenvalue weighted by Gasteiger charge is -2.34. The molecule has 1 aromatic carbocycles. The van der Waals surface area contributed by atoms with Crippen molar-refractivity contribution in [2.24, 2.45) is 0 Å². The number of anilines is 1. The number of methoxy groups -OCH3 is 1. The highest BCUT2D eigenvalue weighted by Gasteiger charge is 2.33. The standard InChI is InChI=1S/C17H20N2O2/c1-21-15-5-4-12-6-7-17(20,11-14(12)9-15)10-13-3-2-8-19-16(13)18/h2-5,8-9,20H,6-7,10-11H2,1H3,(H2,18,19). The Kier molecular flexibility index (Phi) is 3.55. The minimum atomic E-state index is -0.767. The zero-order valence-corrected chi connectivity index (χ0v) is 12.2. The van der Waals surface area contributed by atoms with Gasteiger partial charge < -0.3 is 15.6 Å². The van der Waals surface area contributed by atoms with Gasteiger partial charge in [0.25, 0.3) is 0 Å². The maximum Gasteiger partial charge on any atom is 0.126 e. The molecule has 3 N–H and O–H groups in total. The Morgan fingerprint density at radius 2 is 2.19 bits per heavy atom. The number of nitrogens with two attached hydrogens (primary N) is 1. The number of aromatic nitrogens is 1. The van der Waals surface area contributed by atoms with E-state index in [1.54, 1.807) is 13.3 Å². The second-order valence-electron chi connectivity index (χ2n) is 5.76. The Morgan fingerprint density at radius 1 is 1.33 bits per heavy atom. The van der Waals surface area contributed by atoms with Gasteiger partial charge in [-0.2, -0.15) is 0 Å².